The maximum Gasteiger partial charge on any atom is 0.271 e. The zero-order chi connectivity index (χ0) is 12.1. The van der Waals surface area contributed by atoms with Crippen LogP contribution in [0.2, 0.25) is 5.15 Å². The first-order chi connectivity index (χ1) is 8.25. The monoisotopic (exact) mass is 289 g/mol. The van der Waals surface area contributed by atoms with Crippen LogP contribution in [0.15, 0.2) is 12.1 Å². The van der Waals surface area contributed by atoms with E-state index >= 15 is 0 Å². The molecule has 0 radical (unpaired) electrons. The minimum atomic E-state index is -0.189. The van der Waals surface area contributed by atoms with Crippen LogP contribution in [0.4, 0.5) is 0 Å². The van der Waals surface area contributed by atoms with Crippen LogP contribution >= 0.6 is 35.1 Å². The average Bonchev–Trinajstić information content (AvgIpc) is 2.38. The number of aromatic nitrogens is 2. The number of carbonyl (C=O) groups is 1. The summed E-state index contributed by atoms with van der Waals surface area (Å²) in [6, 6.07) is 3.14. The van der Waals surface area contributed by atoms with Crippen LogP contribution in [-0.4, -0.2) is 45.2 Å². The van der Waals surface area contributed by atoms with Crippen molar-refractivity contribution in [2.24, 2.45) is 0 Å². The predicted molar refractivity (Wildman–Crippen MR) is 72.9 cm³/mol. The first kappa shape index (κ1) is 13.0. The molecule has 1 aromatic heterocycles. The number of nitrogens with one attached hydrogen (secondary N) is 1. The molecule has 0 aliphatic carbocycles. The lowest BCUT2D eigenvalue weighted by Crippen LogP contribution is -2.33. The Balaban J connectivity index is 1.82. The molecule has 1 unspecified atom stereocenters. The van der Waals surface area contributed by atoms with Gasteiger partial charge in [0.15, 0.2) is 10.8 Å². The van der Waals surface area contributed by atoms with E-state index in [1.165, 1.54) is 5.75 Å². The third-order valence-corrected chi connectivity index (χ3v) is 5.29. The number of hydrogen-bond acceptors (Lipinski definition) is 5. The van der Waals surface area contributed by atoms with Crippen molar-refractivity contribution in [1.82, 2.24) is 15.5 Å². The quantitative estimate of drug-likeness (QED) is 0.918. The fourth-order valence-electron chi connectivity index (χ4n) is 1.39. The Morgan fingerprint density at radius 3 is 3.00 bits per heavy atom. The zero-order valence-corrected chi connectivity index (χ0v) is 11.4. The van der Waals surface area contributed by atoms with Crippen LogP contribution in [0.1, 0.15) is 10.5 Å². The Bertz CT molecular complexity index is 382. The van der Waals surface area contributed by atoms with E-state index in [1.807, 2.05) is 23.5 Å². The highest BCUT2D eigenvalue weighted by atomic mass is 35.5. The number of halogens is 1. The lowest BCUT2D eigenvalue weighted by Gasteiger charge is -2.20. The molecule has 0 saturated carbocycles. The number of hydrogen-bond donors (Lipinski definition) is 1. The smallest absolute Gasteiger partial charge is 0.271 e. The Morgan fingerprint density at radius 1 is 1.47 bits per heavy atom. The van der Waals surface area contributed by atoms with Gasteiger partial charge in [0.2, 0.25) is 0 Å². The average molecular weight is 290 g/mol. The summed E-state index contributed by atoms with van der Waals surface area (Å²) in [5.41, 5.74) is 0.308. The van der Waals surface area contributed by atoms with E-state index < -0.39 is 0 Å². The van der Waals surface area contributed by atoms with E-state index in [0.717, 1.165) is 11.5 Å². The SMILES string of the molecule is O=C(NCC1CSCCS1)c1ccc(Cl)nn1. The highest BCUT2D eigenvalue weighted by molar-refractivity contribution is 8.06. The zero-order valence-electron chi connectivity index (χ0n) is 9.06. The molecule has 2 rings (SSSR count). The second-order valence-electron chi connectivity index (χ2n) is 3.52. The van der Waals surface area contributed by atoms with E-state index in [4.69, 9.17) is 11.6 Å². The maximum atomic E-state index is 11.7. The summed E-state index contributed by atoms with van der Waals surface area (Å²) in [6.45, 7) is 0.681. The summed E-state index contributed by atoms with van der Waals surface area (Å²) in [5.74, 6) is 3.27. The van der Waals surface area contributed by atoms with Gasteiger partial charge in [0, 0.05) is 29.1 Å². The number of thioether (sulfide) groups is 2. The van der Waals surface area contributed by atoms with Crippen molar-refractivity contribution in [3.8, 4) is 0 Å². The molecule has 1 fully saturated rings. The van der Waals surface area contributed by atoms with Crippen molar-refractivity contribution in [2.45, 2.75) is 5.25 Å². The molecule has 1 saturated heterocycles. The van der Waals surface area contributed by atoms with E-state index in [9.17, 15) is 4.79 Å². The second-order valence-corrected chi connectivity index (χ2v) is 6.46. The summed E-state index contributed by atoms with van der Waals surface area (Å²) in [6.07, 6.45) is 0. The Kier molecular flexibility index (Phi) is 4.94. The predicted octanol–water partition coefficient (Wildman–Crippen LogP) is 1.71. The van der Waals surface area contributed by atoms with E-state index in [2.05, 4.69) is 15.5 Å². The van der Waals surface area contributed by atoms with Gasteiger partial charge in [-0.15, -0.1) is 10.2 Å². The van der Waals surface area contributed by atoms with Gasteiger partial charge in [-0.3, -0.25) is 4.79 Å². The van der Waals surface area contributed by atoms with Gasteiger partial charge in [-0.2, -0.15) is 23.5 Å². The van der Waals surface area contributed by atoms with Crippen LogP contribution in [0.25, 0.3) is 0 Å². The molecular formula is C10H12ClN3OS2. The van der Waals surface area contributed by atoms with Crippen LogP contribution < -0.4 is 5.32 Å². The second kappa shape index (κ2) is 6.47. The van der Waals surface area contributed by atoms with Gasteiger partial charge in [-0.1, -0.05) is 11.6 Å². The largest absolute Gasteiger partial charge is 0.349 e. The van der Waals surface area contributed by atoms with Gasteiger partial charge in [0.25, 0.3) is 5.91 Å². The fraction of sp³-hybridized carbons (Fsp3) is 0.500. The maximum absolute atomic E-state index is 11.7. The molecule has 7 heteroatoms. The van der Waals surface area contributed by atoms with E-state index in [-0.39, 0.29) is 5.91 Å². The summed E-state index contributed by atoms with van der Waals surface area (Å²) in [4.78, 5) is 11.7. The highest BCUT2D eigenvalue weighted by Gasteiger charge is 2.16. The summed E-state index contributed by atoms with van der Waals surface area (Å²) in [5, 5.41) is 11.0. The third kappa shape index (κ3) is 4.04. The Morgan fingerprint density at radius 2 is 2.35 bits per heavy atom. The molecule has 4 nitrogen and oxygen atoms in total. The van der Waals surface area contributed by atoms with Crippen molar-refractivity contribution >= 4 is 41.0 Å². The fourth-order valence-corrected chi connectivity index (χ4v) is 4.10. The first-order valence-electron chi connectivity index (χ1n) is 5.22. The molecule has 92 valence electrons. The standard InChI is InChI=1S/C10H12ClN3OS2/c11-9-2-1-8(13-14-9)10(15)12-5-7-6-16-3-4-17-7/h1-2,7H,3-6H2,(H,12,15). The van der Waals surface area contributed by atoms with Crippen LogP contribution in [0.3, 0.4) is 0 Å². The summed E-state index contributed by atoms with van der Waals surface area (Å²) >= 11 is 9.45. The molecule has 0 bridgehead atoms. The first-order valence-corrected chi connectivity index (χ1v) is 7.80. The van der Waals surface area contributed by atoms with Gasteiger partial charge >= 0.3 is 0 Å². The van der Waals surface area contributed by atoms with Crippen LogP contribution in [0.5, 0.6) is 0 Å². The molecule has 1 atom stereocenters. The Hall–Kier alpha value is -0.460. The minimum Gasteiger partial charge on any atom is -0.349 e. The van der Waals surface area contributed by atoms with Crippen molar-refractivity contribution in [3.05, 3.63) is 23.0 Å². The summed E-state index contributed by atoms with van der Waals surface area (Å²) in [7, 11) is 0. The molecule has 0 aromatic carbocycles. The molecule has 1 aromatic rings. The van der Waals surface area contributed by atoms with Crippen molar-refractivity contribution in [3.63, 3.8) is 0 Å². The number of carbonyl (C=O) groups excluding carboxylic acids is 1. The van der Waals surface area contributed by atoms with Gasteiger partial charge in [0.1, 0.15) is 0 Å². The molecule has 1 amide bonds. The van der Waals surface area contributed by atoms with E-state index in [1.54, 1.807) is 12.1 Å². The van der Waals surface area contributed by atoms with Gasteiger partial charge in [-0.05, 0) is 12.1 Å². The normalized spacial score (nSPS) is 19.9. The number of amides is 1. The molecular weight excluding hydrogens is 278 g/mol. The molecule has 0 spiro atoms. The van der Waals surface area contributed by atoms with Gasteiger partial charge in [0.05, 0.1) is 0 Å². The Labute approximate surface area is 113 Å². The number of nitrogens with zero attached hydrogens (tertiary/aromatic N) is 2. The van der Waals surface area contributed by atoms with Gasteiger partial charge in [-0.25, -0.2) is 0 Å². The molecule has 1 aliphatic rings. The van der Waals surface area contributed by atoms with Gasteiger partial charge < -0.3 is 5.32 Å². The lowest BCUT2D eigenvalue weighted by atomic mass is 10.3. The highest BCUT2D eigenvalue weighted by Crippen LogP contribution is 2.23. The molecule has 1 N–H and O–H groups in total. The lowest BCUT2D eigenvalue weighted by molar-refractivity contribution is 0.0948. The topological polar surface area (TPSA) is 54.9 Å². The minimum absolute atomic E-state index is 0.189. The van der Waals surface area contributed by atoms with Crippen molar-refractivity contribution < 1.29 is 4.79 Å². The summed E-state index contributed by atoms with van der Waals surface area (Å²) < 4.78 is 0. The van der Waals surface area contributed by atoms with E-state index in [0.29, 0.717) is 22.6 Å². The third-order valence-electron chi connectivity index (χ3n) is 2.24. The molecule has 17 heavy (non-hydrogen) atoms. The molecule has 2 heterocycles. The molecule has 1 aliphatic heterocycles. The van der Waals surface area contributed by atoms with Crippen molar-refractivity contribution in [2.75, 3.05) is 23.8 Å². The van der Waals surface area contributed by atoms with Crippen LogP contribution in [-0.2, 0) is 0 Å². The van der Waals surface area contributed by atoms with Crippen LogP contribution in [0, 0.1) is 0 Å². The van der Waals surface area contributed by atoms with Crippen molar-refractivity contribution in [1.29, 1.82) is 0 Å². The number of rotatable bonds is 3.